The minimum atomic E-state index is -0.418. The Kier molecular flexibility index (Phi) is 4.45. The van der Waals surface area contributed by atoms with Crippen molar-refractivity contribution in [2.24, 2.45) is 0 Å². The van der Waals surface area contributed by atoms with E-state index in [1.165, 1.54) is 6.07 Å². The van der Waals surface area contributed by atoms with Gasteiger partial charge in [0, 0.05) is 19.3 Å². The Morgan fingerprint density at radius 2 is 1.95 bits per heavy atom. The molecule has 0 aliphatic heterocycles. The first-order valence-electron chi connectivity index (χ1n) is 5.68. The van der Waals surface area contributed by atoms with Crippen molar-refractivity contribution in [2.45, 2.75) is 13.1 Å². The van der Waals surface area contributed by atoms with Crippen molar-refractivity contribution in [3.05, 3.63) is 64.2 Å². The van der Waals surface area contributed by atoms with Crippen molar-refractivity contribution in [3.63, 3.8) is 0 Å². The van der Waals surface area contributed by atoms with Crippen molar-refractivity contribution < 1.29 is 4.39 Å². The molecule has 2 aromatic rings. The lowest BCUT2D eigenvalue weighted by molar-refractivity contribution is 0.625. The zero-order chi connectivity index (χ0) is 13.7. The van der Waals surface area contributed by atoms with Crippen LogP contribution in [-0.4, -0.2) is 4.98 Å². The molecule has 0 aliphatic carbocycles. The fourth-order valence-corrected chi connectivity index (χ4v) is 1.85. The molecule has 2 rings (SSSR count). The largest absolute Gasteiger partial charge is 0.309 e. The fourth-order valence-electron chi connectivity index (χ4n) is 1.65. The van der Waals surface area contributed by atoms with Crippen LogP contribution in [0.2, 0.25) is 5.02 Å². The lowest BCUT2D eigenvalue weighted by Gasteiger charge is -2.06. The molecule has 5 heteroatoms. The Morgan fingerprint density at radius 3 is 2.63 bits per heavy atom. The van der Waals surface area contributed by atoms with E-state index in [-0.39, 0.29) is 5.02 Å². The summed E-state index contributed by atoms with van der Waals surface area (Å²) in [7, 11) is 0. The number of aromatic nitrogens is 1. The summed E-state index contributed by atoms with van der Waals surface area (Å²) in [4.78, 5) is 3.90. The van der Waals surface area contributed by atoms with Crippen LogP contribution >= 0.6 is 11.6 Å². The van der Waals surface area contributed by atoms with Gasteiger partial charge in [0.2, 0.25) is 0 Å². The highest BCUT2D eigenvalue weighted by Crippen LogP contribution is 2.15. The highest BCUT2D eigenvalue weighted by Gasteiger charge is 2.01. The number of pyridine rings is 1. The van der Waals surface area contributed by atoms with Crippen LogP contribution in [0.3, 0.4) is 0 Å². The Bertz CT molecular complexity index is 622. The van der Waals surface area contributed by atoms with Gasteiger partial charge in [-0.25, -0.2) is 9.37 Å². The van der Waals surface area contributed by atoms with E-state index < -0.39 is 5.82 Å². The van der Waals surface area contributed by atoms with Crippen LogP contribution in [0, 0.1) is 17.1 Å². The second-order valence-electron chi connectivity index (χ2n) is 4.01. The number of rotatable bonds is 4. The molecule has 0 fully saturated rings. The minimum absolute atomic E-state index is 0.120. The maximum Gasteiger partial charge on any atom is 0.141 e. The molecular formula is C14H11ClFN3. The molecule has 96 valence electrons. The number of nitrogens with one attached hydrogen (secondary N) is 1. The maximum atomic E-state index is 13.0. The van der Waals surface area contributed by atoms with Crippen LogP contribution in [0.25, 0.3) is 0 Å². The average Bonchev–Trinajstić information content (AvgIpc) is 2.43. The first-order valence-corrected chi connectivity index (χ1v) is 6.06. The Labute approximate surface area is 115 Å². The molecule has 0 unspecified atom stereocenters. The normalized spacial score (nSPS) is 10.2. The third-order valence-corrected chi connectivity index (χ3v) is 2.87. The summed E-state index contributed by atoms with van der Waals surface area (Å²) in [6.45, 7) is 1.18. The van der Waals surface area contributed by atoms with Gasteiger partial charge in [0.1, 0.15) is 17.6 Å². The van der Waals surface area contributed by atoms with Gasteiger partial charge in [0.25, 0.3) is 0 Å². The summed E-state index contributed by atoms with van der Waals surface area (Å²) in [5.74, 6) is -0.418. The van der Waals surface area contributed by atoms with Crippen LogP contribution < -0.4 is 5.32 Å². The van der Waals surface area contributed by atoms with E-state index in [1.807, 2.05) is 12.1 Å². The number of hydrogen-bond donors (Lipinski definition) is 1. The summed E-state index contributed by atoms with van der Waals surface area (Å²) in [5.41, 5.74) is 2.27. The van der Waals surface area contributed by atoms with Crippen molar-refractivity contribution in [3.8, 4) is 6.07 Å². The molecule has 0 amide bonds. The van der Waals surface area contributed by atoms with Gasteiger partial charge in [-0.1, -0.05) is 17.7 Å². The molecule has 1 aromatic heterocycles. The van der Waals surface area contributed by atoms with Crippen molar-refractivity contribution in [1.82, 2.24) is 10.3 Å². The van der Waals surface area contributed by atoms with E-state index in [0.717, 1.165) is 11.1 Å². The number of halogens is 2. The van der Waals surface area contributed by atoms with Crippen LogP contribution in [-0.2, 0) is 13.1 Å². The number of nitriles is 1. The molecule has 3 nitrogen and oxygen atoms in total. The zero-order valence-electron chi connectivity index (χ0n) is 10.0. The van der Waals surface area contributed by atoms with E-state index in [1.54, 1.807) is 24.4 Å². The minimum Gasteiger partial charge on any atom is -0.309 e. The Morgan fingerprint density at radius 1 is 1.21 bits per heavy atom. The molecule has 1 heterocycles. The SMILES string of the molecule is N#Cc1cc(CNCc2ccc(F)c(Cl)c2)ccn1. The fraction of sp³-hybridized carbons (Fsp3) is 0.143. The second kappa shape index (κ2) is 6.28. The molecule has 1 N–H and O–H groups in total. The van der Waals surface area contributed by atoms with Crippen molar-refractivity contribution >= 4 is 11.6 Å². The second-order valence-corrected chi connectivity index (χ2v) is 4.42. The third-order valence-electron chi connectivity index (χ3n) is 2.58. The van der Waals surface area contributed by atoms with Gasteiger partial charge in [-0.2, -0.15) is 5.26 Å². The Balaban J connectivity index is 1.92. The molecule has 0 saturated carbocycles. The van der Waals surface area contributed by atoms with E-state index in [4.69, 9.17) is 16.9 Å². The van der Waals surface area contributed by atoms with E-state index in [2.05, 4.69) is 10.3 Å². The van der Waals surface area contributed by atoms with E-state index in [0.29, 0.717) is 18.8 Å². The molecule has 19 heavy (non-hydrogen) atoms. The number of nitrogens with zero attached hydrogens (tertiary/aromatic N) is 2. The van der Waals surface area contributed by atoms with E-state index in [9.17, 15) is 4.39 Å². The van der Waals surface area contributed by atoms with Crippen LogP contribution in [0.4, 0.5) is 4.39 Å². The smallest absolute Gasteiger partial charge is 0.141 e. The zero-order valence-corrected chi connectivity index (χ0v) is 10.8. The maximum absolute atomic E-state index is 13.0. The lowest BCUT2D eigenvalue weighted by Crippen LogP contribution is -2.13. The molecule has 0 atom stereocenters. The molecule has 0 radical (unpaired) electrons. The van der Waals surface area contributed by atoms with Gasteiger partial charge >= 0.3 is 0 Å². The third kappa shape index (κ3) is 3.75. The van der Waals surface area contributed by atoms with Crippen LogP contribution in [0.1, 0.15) is 16.8 Å². The summed E-state index contributed by atoms with van der Waals surface area (Å²) >= 11 is 5.70. The monoisotopic (exact) mass is 275 g/mol. The first kappa shape index (κ1) is 13.5. The van der Waals surface area contributed by atoms with Gasteiger partial charge in [0.15, 0.2) is 0 Å². The van der Waals surface area contributed by atoms with Crippen molar-refractivity contribution in [1.29, 1.82) is 5.26 Å². The first-order chi connectivity index (χ1) is 9.19. The van der Waals surface area contributed by atoms with E-state index >= 15 is 0 Å². The highest BCUT2D eigenvalue weighted by molar-refractivity contribution is 6.30. The molecule has 0 saturated heterocycles. The molecular weight excluding hydrogens is 265 g/mol. The van der Waals surface area contributed by atoms with Gasteiger partial charge in [-0.05, 0) is 35.4 Å². The average molecular weight is 276 g/mol. The van der Waals surface area contributed by atoms with Crippen LogP contribution in [0.5, 0.6) is 0 Å². The number of hydrogen-bond acceptors (Lipinski definition) is 3. The number of benzene rings is 1. The van der Waals surface area contributed by atoms with Gasteiger partial charge in [-0.15, -0.1) is 0 Å². The topological polar surface area (TPSA) is 48.7 Å². The summed E-state index contributed by atoms with van der Waals surface area (Å²) in [5, 5.41) is 12.1. The predicted molar refractivity (Wildman–Crippen MR) is 70.9 cm³/mol. The summed E-state index contributed by atoms with van der Waals surface area (Å²) in [6, 6.07) is 10.2. The summed E-state index contributed by atoms with van der Waals surface area (Å²) < 4.78 is 13.0. The highest BCUT2D eigenvalue weighted by atomic mass is 35.5. The standard InChI is InChI=1S/C14H11ClFN3/c15-13-6-10(1-2-14(13)16)8-18-9-11-3-4-19-12(5-11)7-17/h1-6,18H,8-9H2. The lowest BCUT2D eigenvalue weighted by atomic mass is 10.2. The quantitative estimate of drug-likeness (QED) is 0.933. The molecule has 0 aliphatic rings. The summed E-state index contributed by atoms with van der Waals surface area (Å²) in [6.07, 6.45) is 1.60. The Hall–Kier alpha value is -1.96. The van der Waals surface area contributed by atoms with Gasteiger partial charge < -0.3 is 5.32 Å². The van der Waals surface area contributed by atoms with Gasteiger partial charge in [0.05, 0.1) is 5.02 Å². The van der Waals surface area contributed by atoms with Gasteiger partial charge in [-0.3, -0.25) is 0 Å². The predicted octanol–water partition coefficient (Wildman–Crippen LogP) is 3.04. The molecule has 1 aromatic carbocycles. The van der Waals surface area contributed by atoms with Crippen molar-refractivity contribution in [2.75, 3.05) is 0 Å². The molecule has 0 bridgehead atoms. The van der Waals surface area contributed by atoms with Crippen LogP contribution in [0.15, 0.2) is 36.5 Å². The molecule has 0 spiro atoms.